The zero-order valence-electron chi connectivity index (χ0n) is 9.34. The Kier molecular flexibility index (Phi) is 5.75. The van der Waals surface area contributed by atoms with Crippen molar-refractivity contribution in [2.24, 2.45) is 5.73 Å². The van der Waals surface area contributed by atoms with Crippen LogP contribution in [0.5, 0.6) is 0 Å². The van der Waals surface area contributed by atoms with Crippen LogP contribution >= 0.6 is 24.4 Å². The number of amides is 1. The van der Waals surface area contributed by atoms with Gasteiger partial charge < -0.3 is 5.73 Å². The Morgan fingerprint density at radius 2 is 1.83 bits per heavy atom. The van der Waals surface area contributed by atoms with Gasteiger partial charge in [0, 0.05) is 6.08 Å². The van der Waals surface area contributed by atoms with Crippen molar-refractivity contribution < 1.29 is 4.79 Å². The molecule has 7 heteroatoms. The van der Waals surface area contributed by atoms with Crippen LogP contribution in [0.25, 0.3) is 6.08 Å². The molecule has 0 heterocycles. The molecule has 0 radical (unpaired) electrons. The minimum Gasteiger partial charge on any atom is -0.375 e. The lowest BCUT2D eigenvalue weighted by Gasteiger charge is -2.08. The van der Waals surface area contributed by atoms with E-state index in [9.17, 15) is 4.79 Å². The molecule has 0 saturated carbocycles. The smallest absolute Gasteiger partial charge is 0.250 e. The van der Waals surface area contributed by atoms with Crippen LogP contribution in [0.4, 0.5) is 0 Å². The molecule has 18 heavy (non-hydrogen) atoms. The SMILES string of the molecule is NC(=S)NNC(=S)NC(=O)/C=C/c1ccccc1. The van der Waals surface area contributed by atoms with E-state index >= 15 is 0 Å². The zero-order chi connectivity index (χ0) is 13.4. The van der Waals surface area contributed by atoms with Crippen molar-refractivity contribution in [1.29, 1.82) is 0 Å². The highest BCUT2D eigenvalue weighted by molar-refractivity contribution is 7.80. The Labute approximate surface area is 115 Å². The Morgan fingerprint density at radius 3 is 2.44 bits per heavy atom. The van der Waals surface area contributed by atoms with E-state index in [2.05, 4.69) is 28.4 Å². The first-order chi connectivity index (χ1) is 8.58. The highest BCUT2D eigenvalue weighted by atomic mass is 32.1. The van der Waals surface area contributed by atoms with Crippen molar-refractivity contribution >= 4 is 46.6 Å². The highest BCUT2D eigenvalue weighted by Gasteiger charge is 1.99. The average molecular weight is 280 g/mol. The molecule has 0 saturated heterocycles. The summed E-state index contributed by atoms with van der Waals surface area (Å²) in [5.41, 5.74) is 11.0. The van der Waals surface area contributed by atoms with E-state index in [1.54, 1.807) is 6.08 Å². The second kappa shape index (κ2) is 7.36. The Bertz CT molecular complexity index is 473. The summed E-state index contributed by atoms with van der Waals surface area (Å²) >= 11 is 9.39. The van der Waals surface area contributed by atoms with Gasteiger partial charge in [-0.1, -0.05) is 30.3 Å². The largest absolute Gasteiger partial charge is 0.375 e. The number of hydrogen-bond donors (Lipinski definition) is 4. The Hall–Kier alpha value is -1.99. The molecule has 1 aromatic carbocycles. The fraction of sp³-hybridized carbons (Fsp3) is 0. The first-order valence-electron chi connectivity index (χ1n) is 4.97. The summed E-state index contributed by atoms with van der Waals surface area (Å²) in [5.74, 6) is -0.346. The first-order valence-corrected chi connectivity index (χ1v) is 5.79. The minimum atomic E-state index is -0.346. The molecular weight excluding hydrogens is 268 g/mol. The number of rotatable bonds is 2. The predicted molar refractivity (Wildman–Crippen MR) is 79.3 cm³/mol. The number of nitrogens with one attached hydrogen (secondary N) is 3. The number of thiocarbonyl (C=S) groups is 2. The van der Waals surface area contributed by atoms with Gasteiger partial charge in [0.1, 0.15) is 0 Å². The van der Waals surface area contributed by atoms with Crippen molar-refractivity contribution in [2.75, 3.05) is 0 Å². The summed E-state index contributed by atoms with van der Waals surface area (Å²) < 4.78 is 0. The molecule has 0 aromatic heterocycles. The number of nitrogens with two attached hydrogens (primary N) is 1. The first kappa shape index (κ1) is 14.1. The average Bonchev–Trinajstić information content (AvgIpc) is 2.35. The third kappa shape index (κ3) is 5.92. The molecule has 0 atom stereocenters. The summed E-state index contributed by atoms with van der Waals surface area (Å²) in [6.45, 7) is 0. The molecule has 0 bridgehead atoms. The van der Waals surface area contributed by atoms with Gasteiger partial charge in [-0.3, -0.25) is 21.0 Å². The highest BCUT2D eigenvalue weighted by Crippen LogP contribution is 2.00. The molecule has 5 nitrogen and oxygen atoms in total. The molecule has 5 N–H and O–H groups in total. The standard InChI is InChI=1S/C11H12N4OS2/c12-10(17)14-15-11(18)13-9(16)7-6-8-4-2-1-3-5-8/h1-7H,(H3,12,14,17)(H2,13,15,16,18)/b7-6+. The van der Waals surface area contributed by atoms with E-state index in [0.29, 0.717) is 0 Å². The van der Waals surface area contributed by atoms with E-state index in [1.807, 2.05) is 30.3 Å². The van der Waals surface area contributed by atoms with E-state index in [4.69, 9.17) is 18.0 Å². The molecule has 0 aliphatic heterocycles. The van der Waals surface area contributed by atoms with Crippen molar-refractivity contribution in [2.45, 2.75) is 0 Å². The number of hydrogen-bond acceptors (Lipinski definition) is 3. The third-order valence-corrected chi connectivity index (χ3v) is 2.07. The lowest BCUT2D eigenvalue weighted by atomic mass is 10.2. The molecule has 94 valence electrons. The van der Waals surface area contributed by atoms with Gasteiger partial charge in [0.25, 0.3) is 0 Å². The fourth-order valence-electron chi connectivity index (χ4n) is 1.04. The number of carbonyl (C=O) groups is 1. The fourth-order valence-corrected chi connectivity index (χ4v) is 1.24. The van der Waals surface area contributed by atoms with Gasteiger partial charge in [0.15, 0.2) is 10.2 Å². The molecule has 1 aromatic rings. The lowest BCUT2D eigenvalue weighted by Crippen LogP contribution is -2.49. The van der Waals surface area contributed by atoms with Gasteiger partial charge in [-0.05, 0) is 36.1 Å². The van der Waals surface area contributed by atoms with Crippen LogP contribution in [0, 0.1) is 0 Å². The quantitative estimate of drug-likeness (QED) is 0.358. The van der Waals surface area contributed by atoms with Gasteiger partial charge in [-0.25, -0.2) is 0 Å². The summed E-state index contributed by atoms with van der Waals surface area (Å²) in [6.07, 6.45) is 3.06. The molecule has 0 unspecified atom stereocenters. The topological polar surface area (TPSA) is 79.2 Å². The van der Waals surface area contributed by atoms with Gasteiger partial charge in [-0.15, -0.1) is 0 Å². The lowest BCUT2D eigenvalue weighted by molar-refractivity contribution is -0.115. The van der Waals surface area contributed by atoms with Gasteiger partial charge in [0.2, 0.25) is 5.91 Å². The zero-order valence-corrected chi connectivity index (χ0v) is 11.0. The summed E-state index contributed by atoms with van der Waals surface area (Å²) in [6, 6.07) is 9.44. The van der Waals surface area contributed by atoms with Crippen LogP contribution in [0.1, 0.15) is 5.56 Å². The monoisotopic (exact) mass is 280 g/mol. The normalized spacial score (nSPS) is 9.78. The number of hydrazine groups is 1. The summed E-state index contributed by atoms with van der Waals surface area (Å²) in [5, 5.41) is 2.54. The molecule has 0 aliphatic rings. The van der Waals surface area contributed by atoms with Crippen LogP contribution in [-0.2, 0) is 4.79 Å². The maximum absolute atomic E-state index is 11.5. The van der Waals surface area contributed by atoms with Crippen LogP contribution in [0.15, 0.2) is 36.4 Å². The summed E-state index contributed by atoms with van der Waals surface area (Å²) in [4.78, 5) is 11.5. The van der Waals surface area contributed by atoms with E-state index < -0.39 is 0 Å². The number of carbonyl (C=O) groups excluding carboxylic acids is 1. The van der Waals surface area contributed by atoms with Crippen molar-refractivity contribution in [1.82, 2.24) is 16.2 Å². The third-order valence-electron chi connectivity index (χ3n) is 1.76. The summed E-state index contributed by atoms with van der Waals surface area (Å²) in [7, 11) is 0. The maximum atomic E-state index is 11.5. The van der Waals surface area contributed by atoms with Gasteiger partial charge >= 0.3 is 0 Å². The molecule has 0 fully saturated rings. The van der Waals surface area contributed by atoms with Crippen molar-refractivity contribution in [3.8, 4) is 0 Å². The van der Waals surface area contributed by atoms with Crippen LogP contribution in [0.2, 0.25) is 0 Å². The second-order valence-corrected chi connectivity index (χ2v) is 4.02. The Morgan fingerprint density at radius 1 is 1.17 bits per heavy atom. The Balaban J connectivity index is 2.40. The van der Waals surface area contributed by atoms with Crippen LogP contribution < -0.4 is 21.9 Å². The minimum absolute atomic E-state index is 0.0337. The predicted octanol–water partition coefficient (Wildman–Crippen LogP) is 0.439. The van der Waals surface area contributed by atoms with Crippen molar-refractivity contribution in [3.05, 3.63) is 42.0 Å². The molecule has 1 amide bonds. The molecule has 0 aliphatic carbocycles. The second-order valence-electron chi connectivity index (χ2n) is 3.18. The maximum Gasteiger partial charge on any atom is 0.250 e. The van der Waals surface area contributed by atoms with Gasteiger partial charge in [-0.2, -0.15) is 0 Å². The van der Waals surface area contributed by atoms with Gasteiger partial charge in [0.05, 0.1) is 0 Å². The van der Waals surface area contributed by atoms with Crippen LogP contribution in [-0.4, -0.2) is 16.1 Å². The van der Waals surface area contributed by atoms with E-state index in [1.165, 1.54) is 6.08 Å². The van der Waals surface area contributed by atoms with E-state index in [-0.39, 0.29) is 16.1 Å². The molecular formula is C11H12N4OS2. The number of benzene rings is 1. The van der Waals surface area contributed by atoms with E-state index in [0.717, 1.165) is 5.56 Å². The molecule has 0 spiro atoms. The molecule has 1 rings (SSSR count). The van der Waals surface area contributed by atoms with Crippen molar-refractivity contribution in [3.63, 3.8) is 0 Å². The van der Waals surface area contributed by atoms with Crippen LogP contribution in [0.3, 0.4) is 0 Å².